The zero-order valence-corrected chi connectivity index (χ0v) is 13.1. The largest absolute Gasteiger partial charge is 0.497 e. The normalized spacial score (nSPS) is 10.1. The second-order valence-corrected chi connectivity index (χ2v) is 4.93. The van der Waals surface area contributed by atoms with Gasteiger partial charge in [-0.3, -0.25) is 4.79 Å². The van der Waals surface area contributed by atoms with Gasteiger partial charge in [-0.15, -0.1) is 0 Å². The number of carbonyl (C=O) groups is 1. The maximum atomic E-state index is 12.0. The van der Waals surface area contributed by atoms with Crippen molar-refractivity contribution in [1.82, 2.24) is 4.98 Å². The van der Waals surface area contributed by atoms with Crippen molar-refractivity contribution >= 4 is 11.7 Å². The van der Waals surface area contributed by atoms with Gasteiger partial charge in [0.2, 0.25) is 5.91 Å². The lowest BCUT2D eigenvalue weighted by atomic mass is 10.1. The van der Waals surface area contributed by atoms with E-state index < -0.39 is 0 Å². The van der Waals surface area contributed by atoms with Crippen LogP contribution in [0.2, 0.25) is 0 Å². The van der Waals surface area contributed by atoms with E-state index in [4.69, 9.17) is 9.47 Å². The fourth-order valence-corrected chi connectivity index (χ4v) is 2.09. The molecule has 0 aliphatic heterocycles. The van der Waals surface area contributed by atoms with E-state index >= 15 is 0 Å². The molecule has 0 fully saturated rings. The van der Waals surface area contributed by atoms with Gasteiger partial charge in [0.1, 0.15) is 17.3 Å². The summed E-state index contributed by atoms with van der Waals surface area (Å²) in [4.78, 5) is 16.2. The first-order chi connectivity index (χ1) is 10.6. The highest BCUT2D eigenvalue weighted by Crippen LogP contribution is 2.23. The number of rotatable bonds is 6. The average molecular weight is 300 g/mol. The molecular formula is C17H20N2O3. The predicted molar refractivity (Wildman–Crippen MR) is 85.5 cm³/mol. The summed E-state index contributed by atoms with van der Waals surface area (Å²) in [7, 11) is 3.21. The van der Waals surface area contributed by atoms with Crippen molar-refractivity contribution in [2.24, 2.45) is 0 Å². The van der Waals surface area contributed by atoms with Crippen molar-refractivity contribution in [2.45, 2.75) is 19.8 Å². The van der Waals surface area contributed by atoms with Gasteiger partial charge in [0.05, 0.1) is 14.2 Å². The lowest BCUT2D eigenvalue weighted by Crippen LogP contribution is -2.13. The van der Waals surface area contributed by atoms with Crippen molar-refractivity contribution in [3.63, 3.8) is 0 Å². The third-order valence-electron chi connectivity index (χ3n) is 3.21. The number of anilines is 1. The second kappa shape index (κ2) is 7.45. The van der Waals surface area contributed by atoms with Gasteiger partial charge in [-0.2, -0.15) is 0 Å². The summed E-state index contributed by atoms with van der Waals surface area (Å²) in [5.74, 6) is 1.94. The molecule has 0 aliphatic carbocycles. The summed E-state index contributed by atoms with van der Waals surface area (Å²) in [6, 6.07) is 11.1. The number of ether oxygens (including phenoxy) is 2. The highest BCUT2D eigenvalue weighted by Gasteiger charge is 2.07. The Morgan fingerprint density at radius 3 is 2.41 bits per heavy atom. The van der Waals surface area contributed by atoms with Gasteiger partial charge in [-0.05, 0) is 43.2 Å². The molecule has 0 atom stereocenters. The van der Waals surface area contributed by atoms with E-state index in [2.05, 4.69) is 10.3 Å². The number of hydrogen-bond donors (Lipinski definition) is 1. The number of pyridine rings is 1. The molecule has 1 heterocycles. The Morgan fingerprint density at radius 2 is 1.82 bits per heavy atom. The highest BCUT2D eigenvalue weighted by atomic mass is 16.5. The number of benzene rings is 1. The van der Waals surface area contributed by atoms with E-state index in [1.807, 2.05) is 31.2 Å². The number of nitrogens with zero attached hydrogens (tertiary/aromatic N) is 1. The molecule has 0 saturated carbocycles. The number of hydrogen-bond acceptors (Lipinski definition) is 4. The first-order valence-electron chi connectivity index (χ1n) is 7.06. The molecule has 2 rings (SSSR count). The molecule has 0 spiro atoms. The molecule has 5 nitrogen and oxygen atoms in total. The zero-order chi connectivity index (χ0) is 15.9. The monoisotopic (exact) mass is 300 g/mol. The summed E-state index contributed by atoms with van der Waals surface area (Å²) in [5, 5.41) is 2.80. The van der Waals surface area contributed by atoms with E-state index in [0.717, 1.165) is 22.8 Å². The minimum Gasteiger partial charge on any atom is -0.497 e. The Bertz CT molecular complexity index is 634. The van der Waals surface area contributed by atoms with E-state index in [1.54, 1.807) is 26.4 Å². The van der Waals surface area contributed by atoms with Crippen LogP contribution < -0.4 is 14.8 Å². The summed E-state index contributed by atoms with van der Waals surface area (Å²) in [5.41, 5.74) is 1.86. The third kappa shape index (κ3) is 4.48. The molecule has 0 aliphatic rings. The third-order valence-corrected chi connectivity index (χ3v) is 3.21. The fraction of sp³-hybridized carbons (Fsp3) is 0.294. The number of carbonyl (C=O) groups excluding carboxylic acids is 1. The molecule has 5 heteroatoms. The van der Waals surface area contributed by atoms with Crippen molar-refractivity contribution < 1.29 is 14.3 Å². The van der Waals surface area contributed by atoms with Gasteiger partial charge in [0, 0.05) is 18.2 Å². The molecule has 0 bridgehead atoms. The smallest absolute Gasteiger partial charge is 0.225 e. The lowest BCUT2D eigenvalue weighted by molar-refractivity contribution is -0.116. The summed E-state index contributed by atoms with van der Waals surface area (Å²) < 4.78 is 10.4. The molecule has 0 radical (unpaired) electrons. The van der Waals surface area contributed by atoms with Crippen LogP contribution in [0.4, 0.5) is 5.82 Å². The van der Waals surface area contributed by atoms with Gasteiger partial charge in [0.15, 0.2) is 0 Å². The molecule has 116 valence electrons. The Kier molecular flexibility index (Phi) is 5.36. The number of nitrogens with one attached hydrogen (secondary N) is 1. The Balaban J connectivity index is 1.96. The van der Waals surface area contributed by atoms with Crippen LogP contribution in [0.1, 0.15) is 17.7 Å². The maximum Gasteiger partial charge on any atom is 0.225 e. The quantitative estimate of drug-likeness (QED) is 0.891. The number of aromatic nitrogens is 1. The minimum atomic E-state index is -0.0695. The van der Waals surface area contributed by atoms with Crippen LogP contribution in [-0.2, 0) is 11.2 Å². The topological polar surface area (TPSA) is 60.5 Å². The number of aryl methyl sites for hydroxylation is 2. The van der Waals surface area contributed by atoms with Crippen LogP contribution in [0.5, 0.6) is 11.5 Å². The summed E-state index contributed by atoms with van der Waals surface area (Å²) in [6.07, 6.45) is 0.969. The molecule has 0 unspecified atom stereocenters. The Hall–Kier alpha value is -2.56. The van der Waals surface area contributed by atoms with Crippen molar-refractivity contribution in [1.29, 1.82) is 0 Å². The highest BCUT2D eigenvalue weighted by molar-refractivity contribution is 5.89. The molecule has 2 aromatic rings. The van der Waals surface area contributed by atoms with E-state index in [1.165, 1.54) is 0 Å². The fourth-order valence-electron chi connectivity index (χ4n) is 2.09. The van der Waals surface area contributed by atoms with E-state index in [0.29, 0.717) is 18.7 Å². The molecule has 1 aromatic heterocycles. The van der Waals surface area contributed by atoms with Crippen molar-refractivity contribution in [3.8, 4) is 11.5 Å². The van der Waals surface area contributed by atoms with Gasteiger partial charge in [-0.1, -0.05) is 6.07 Å². The van der Waals surface area contributed by atoms with Crippen molar-refractivity contribution in [2.75, 3.05) is 19.5 Å². The first-order valence-corrected chi connectivity index (χ1v) is 7.06. The maximum absolute atomic E-state index is 12.0. The molecule has 1 amide bonds. The van der Waals surface area contributed by atoms with Gasteiger partial charge in [-0.25, -0.2) is 4.98 Å². The van der Waals surface area contributed by atoms with Crippen LogP contribution in [0, 0.1) is 6.92 Å². The van der Waals surface area contributed by atoms with Gasteiger partial charge >= 0.3 is 0 Å². The molecule has 1 N–H and O–H groups in total. The Labute approximate surface area is 130 Å². The minimum absolute atomic E-state index is 0.0695. The van der Waals surface area contributed by atoms with Gasteiger partial charge < -0.3 is 14.8 Å². The molecule has 0 saturated heterocycles. The molecular weight excluding hydrogens is 280 g/mol. The van der Waals surface area contributed by atoms with Crippen LogP contribution in [0.3, 0.4) is 0 Å². The second-order valence-electron chi connectivity index (χ2n) is 4.93. The van der Waals surface area contributed by atoms with E-state index in [-0.39, 0.29) is 5.91 Å². The van der Waals surface area contributed by atoms with Gasteiger partial charge in [0.25, 0.3) is 0 Å². The summed E-state index contributed by atoms with van der Waals surface area (Å²) >= 11 is 0. The zero-order valence-electron chi connectivity index (χ0n) is 13.1. The van der Waals surface area contributed by atoms with Crippen LogP contribution in [-0.4, -0.2) is 25.1 Å². The standard InChI is InChI=1S/C17H20N2O3/c1-12-5-4-6-16(18-12)19-17(20)8-7-13-9-14(21-2)11-15(10-13)22-3/h4-6,9-11H,7-8H2,1-3H3,(H,18,19,20). The average Bonchev–Trinajstić information content (AvgIpc) is 2.52. The van der Waals surface area contributed by atoms with E-state index in [9.17, 15) is 4.79 Å². The first kappa shape index (κ1) is 15.8. The number of amides is 1. The Morgan fingerprint density at radius 1 is 1.14 bits per heavy atom. The lowest BCUT2D eigenvalue weighted by Gasteiger charge is -2.09. The number of methoxy groups -OCH3 is 2. The van der Waals surface area contributed by atoms with Crippen LogP contribution >= 0.6 is 0 Å². The molecule has 22 heavy (non-hydrogen) atoms. The molecule has 1 aromatic carbocycles. The van der Waals surface area contributed by atoms with Crippen LogP contribution in [0.25, 0.3) is 0 Å². The van der Waals surface area contributed by atoms with Crippen LogP contribution in [0.15, 0.2) is 36.4 Å². The predicted octanol–water partition coefficient (Wildman–Crippen LogP) is 2.98. The van der Waals surface area contributed by atoms with Crippen molar-refractivity contribution in [3.05, 3.63) is 47.7 Å². The summed E-state index contributed by atoms with van der Waals surface area (Å²) in [6.45, 7) is 1.89. The SMILES string of the molecule is COc1cc(CCC(=O)Nc2cccc(C)n2)cc(OC)c1.